The summed E-state index contributed by atoms with van der Waals surface area (Å²) in [7, 11) is 0. The number of carbonyl (C=O) groups is 1. The molecule has 0 aliphatic rings. The van der Waals surface area contributed by atoms with Gasteiger partial charge in [-0.15, -0.1) is 6.58 Å². The van der Waals surface area contributed by atoms with Crippen molar-refractivity contribution < 1.29 is 9.53 Å². The summed E-state index contributed by atoms with van der Waals surface area (Å²) in [5, 5.41) is 3.34. The first-order valence-corrected chi connectivity index (χ1v) is 6.91. The van der Waals surface area contributed by atoms with Crippen molar-refractivity contribution in [3.05, 3.63) is 12.7 Å². The topological polar surface area (TPSA) is 38.3 Å². The molecule has 3 heteroatoms. The molecule has 0 radical (unpaired) electrons. The minimum atomic E-state index is -0.577. The first-order valence-electron chi connectivity index (χ1n) is 6.91. The van der Waals surface area contributed by atoms with Crippen molar-refractivity contribution in [3.8, 4) is 0 Å². The molecule has 0 saturated carbocycles. The van der Waals surface area contributed by atoms with E-state index in [0.29, 0.717) is 25.0 Å². The molecule has 0 atom stereocenters. The molecule has 0 rings (SSSR count). The summed E-state index contributed by atoms with van der Waals surface area (Å²) in [6, 6.07) is 0. The number of rotatable bonds is 9. The summed E-state index contributed by atoms with van der Waals surface area (Å²) in [6.45, 7) is 15.1. The highest BCUT2D eigenvalue weighted by atomic mass is 16.5. The quantitative estimate of drug-likeness (QED) is 0.508. The molecule has 0 spiro atoms. The zero-order valence-corrected chi connectivity index (χ0v) is 12.6. The van der Waals surface area contributed by atoms with E-state index in [1.807, 2.05) is 6.92 Å². The van der Waals surface area contributed by atoms with Crippen molar-refractivity contribution >= 4 is 5.97 Å². The van der Waals surface area contributed by atoms with Gasteiger partial charge < -0.3 is 4.74 Å². The third-order valence-electron chi connectivity index (χ3n) is 2.76. The Morgan fingerprint density at radius 3 is 2.11 bits per heavy atom. The van der Waals surface area contributed by atoms with Crippen LogP contribution in [0.5, 0.6) is 0 Å². The molecule has 0 unspecified atom stereocenters. The molecule has 0 aromatic rings. The van der Waals surface area contributed by atoms with Gasteiger partial charge in [0.05, 0.1) is 6.61 Å². The molecule has 0 aromatic heterocycles. The lowest BCUT2D eigenvalue weighted by atomic mass is 9.81. The van der Waals surface area contributed by atoms with Crippen molar-refractivity contribution in [1.29, 1.82) is 0 Å². The predicted molar refractivity (Wildman–Crippen MR) is 76.5 cm³/mol. The van der Waals surface area contributed by atoms with Crippen molar-refractivity contribution in [3.63, 3.8) is 0 Å². The van der Waals surface area contributed by atoms with Crippen molar-refractivity contribution in [2.24, 2.45) is 11.8 Å². The average Bonchev–Trinajstić information content (AvgIpc) is 2.24. The Bertz CT molecular complexity index is 249. The SMILES string of the molecule is C=CCNC(CC(C)C)(CC(C)C)C(=O)OCC. The van der Waals surface area contributed by atoms with Crippen LogP contribution in [0.1, 0.15) is 47.5 Å². The summed E-state index contributed by atoms with van der Waals surface area (Å²) >= 11 is 0. The molecule has 0 aliphatic carbocycles. The second-order valence-electron chi connectivity index (χ2n) is 5.67. The van der Waals surface area contributed by atoms with Crippen LogP contribution in [0.15, 0.2) is 12.7 Å². The van der Waals surface area contributed by atoms with E-state index < -0.39 is 5.54 Å². The Morgan fingerprint density at radius 2 is 1.78 bits per heavy atom. The van der Waals surface area contributed by atoms with Crippen LogP contribution in [0.2, 0.25) is 0 Å². The molecular weight excluding hydrogens is 226 g/mol. The number of nitrogens with one attached hydrogen (secondary N) is 1. The molecule has 0 aromatic carbocycles. The third-order valence-corrected chi connectivity index (χ3v) is 2.76. The second kappa shape index (κ2) is 8.30. The zero-order chi connectivity index (χ0) is 14.2. The number of hydrogen-bond donors (Lipinski definition) is 1. The summed E-state index contributed by atoms with van der Waals surface area (Å²) in [5.41, 5.74) is -0.577. The van der Waals surface area contributed by atoms with Crippen molar-refractivity contribution in [1.82, 2.24) is 5.32 Å². The highest BCUT2D eigenvalue weighted by molar-refractivity contribution is 5.81. The van der Waals surface area contributed by atoms with Gasteiger partial charge in [0, 0.05) is 6.54 Å². The highest BCUT2D eigenvalue weighted by Crippen LogP contribution is 2.26. The van der Waals surface area contributed by atoms with Crippen LogP contribution in [0.3, 0.4) is 0 Å². The minimum absolute atomic E-state index is 0.130. The zero-order valence-electron chi connectivity index (χ0n) is 12.6. The number of ether oxygens (including phenoxy) is 1. The maximum absolute atomic E-state index is 12.3. The molecular formula is C15H29NO2. The van der Waals surface area contributed by atoms with E-state index in [1.54, 1.807) is 6.08 Å². The van der Waals surface area contributed by atoms with Gasteiger partial charge in [0.2, 0.25) is 0 Å². The van der Waals surface area contributed by atoms with Gasteiger partial charge in [0.1, 0.15) is 5.54 Å². The second-order valence-corrected chi connectivity index (χ2v) is 5.67. The van der Waals surface area contributed by atoms with E-state index in [-0.39, 0.29) is 5.97 Å². The first kappa shape index (κ1) is 17.2. The Balaban J connectivity index is 5.08. The Morgan fingerprint density at radius 1 is 1.28 bits per heavy atom. The van der Waals surface area contributed by atoms with Crippen LogP contribution in [-0.4, -0.2) is 24.7 Å². The molecule has 0 bridgehead atoms. The fourth-order valence-corrected chi connectivity index (χ4v) is 2.40. The van der Waals surface area contributed by atoms with Gasteiger partial charge in [0.15, 0.2) is 0 Å². The molecule has 0 saturated heterocycles. The Kier molecular flexibility index (Phi) is 7.92. The maximum atomic E-state index is 12.3. The fourth-order valence-electron chi connectivity index (χ4n) is 2.40. The lowest BCUT2D eigenvalue weighted by Gasteiger charge is -2.35. The van der Waals surface area contributed by atoms with Crippen LogP contribution < -0.4 is 5.32 Å². The van der Waals surface area contributed by atoms with E-state index in [1.165, 1.54) is 0 Å². The average molecular weight is 255 g/mol. The summed E-state index contributed by atoms with van der Waals surface area (Å²) in [4.78, 5) is 12.3. The monoisotopic (exact) mass is 255 g/mol. The normalized spacial score (nSPS) is 11.9. The van der Waals surface area contributed by atoms with E-state index in [9.17, 15) is 4.79 Å². The molecule has 18 heavy (non-hydrogen) atoms. The molecule has 0 amide bonds. The van der Waals surface area contributed by atoms with Gasteiger partial charge in [-0.2, -0.15) is 0 Å². The van der Waals surface area contributed by atoms with Gasteiger partial charge in [-0.3, -0.25) is 10.1 Å². The number of hydrogen-bond acceptors (Lipinski definition) is 3. The predicted octanol–water partition coefficient (Wildman–Crippen LogP) is 3.16. The van der Waals surface area contributed by atoms with Gasteiger partial charge in [-0.1, -0.05) is 33.8 Å². The first-order chi connectivity index (χ1) is 8.38. The van der Waals surface area contributed by atoms with Crippen LogP contribution in [0, 0.1) is 11.8 Å². The summed E-state index contributed by atoms with van der Waals surface area (Å²) < 4.78 is 5.27. The summed E-state index contributed by atoms with van der Waals surface area (Å²) in [6.07, 6.45) is 3.37. The van der Waals surface area contributed by atoms with E-state index in [0.717, 1.165) is 12.8 Å². The molecule has 0 fully saturated rings. The lowest BCUT2D eigenvalue weighted by Crippen LogP contribution is -2.54. The molecule has 0 aliphatic heterocycles. The molecule has 0 heterocycles. The number of carbonyl (C=O) groups excluding carboxylic acids is 1. The largest absolute Gasteiger partial charge is 0.465 e. The number of esters is 1. The lowest BCUT2D eigenvalue weighted by molar-refractivity contribution is -0.152. The highest BCUT2D eigenvalue weighted by Gasteiger charge is 2.40. The van der Waals surface area contributed by atoms with Crippen LogP contribution >= 0.6 is 0 Å². The minimum Gasteiger partial charge on any atom is -0.465 e. The molecule has 106 valence electrons. The van der Waals surface area contributed by atoms with E-state index in [4.69, 9.17) is 4.74 Å². The molecule has 3 nitrogen and oxygen atoms in total. The van der Waals surface area contributed by atoms with Crippen LogP contribution in [-0.2, 0) is 9.53 Å². The smallest absolute Gasteiger partial charge is 0.326 e. The Hall–Kier alpha value is -0.830. The molecule has 1 N–H and O–H groups in total. The third kappa shape index (κ3) is 5.67. The summed E-state index contributed by atoms with van der Waals surface area (Å²) in [5.74, 6) is 0.741. The maximum Gasteiger partial charge on any atom is 0.326 e. The van der Waals surface area contributed by atoms with Gasteiger partial charge in [-0.25, -0.2) is 0 Å². The standard InChI is InChI=1S/C15H29NO2/c1-7-9-16-15(10-12(3)4,11-13(5)6)14(17)18-8-2/h7,12-13,16H,1,8-11H2,2-6H3. The van der Waals surface area contributed by atoms with Crippen molar-refractivity contribution in [2.45, 2.75) is 53.0 Å². The van der Waals surface area contributed by atoms with Crippen LogP contribution in [0.25, 0.3) is 0 Å². The van der Waals surface area contributed by atoms with Gasteiger partial charge in [-0.05, 0) is 31.6 Å². The van der Waals surface area contributed by atoms with Gasteiger partial charge >= 0.3 is 5.97 Å². The van der Waals surface area contributed by atoms with E-state index in [2.05, 4.69) is 39.6 Å². The van der Waals surface area contributed by atoms with Crippen LogP contribution in [0.4, 0.5) is 0 Å². The van der Waals surface area contributed by atoms with Gasteiger partial charge in [0.25, 0.3) is 0 Å². The van der Waals surface area contributed by atoms with Crippen molar-refractivity contribution in [2.75, 3.05) is 13.2 Å². The Labute approximate surface area is 112 Å². The fraction of sp³-hybridized carbons (Fsp3) is 0.800. The van der Waals surface area contributed by atoms with E-state index >= 15 is 0 Å².